The fourth-order valence-electron chi connectivity index (χ4n) is 3.03. The third kappa shape index (κ3) is 1.61. The second-order valence-electron chi connectivity index (χ2n) is 4.54. The van der Waals surface area contributed by atoms with Crippen LogP contribution in [-0.2, 0) is 4.74 Å². The Balaban J connectivity index is 2.17. The first-order valence-corrected chi connectivity index (χ1v) is 5.80. The number of carbonyl (C=O) groups is 1. The fraction of sp³-hybridized carbons (Fsp3) is 0.909. The summed E-state index contributed by atoms with van der Waals surface area (Å²) in [5.74, 6) is 0. The van der Waals surface area contributed by atoms with Crippen LogP contribution >= 0.6 is 0 Å². The van der Waals surface area contributed by atoms with Gasteiger partial charge in [0.05, 0.1) is 18.8 Å². The summed E-state index contributed by atoms with van der Waals surface area (Å²) in [6, 6.07) is 0.296. The number of aliphatic hydroxyl groups excluding tert-OH is 1. The van der Waals surface area contributed by atoms with Gasteiger partial charge in [0.25, 0.3) is 0 Å². The molecule has 0 aromatic heterocycles. The Hall–Kier alpha value is -0.770. The predicted molar refractivity (Wildman–Crippen MR) is 55.6 cm³/mol. The number of nitrogens with zero attached hydrogens (tertiary/aromatic N) is 1. The number of rotatable bonds is 2. The summed E-state index contributed by atoms with van der Waals surface area (Å²) in [5, 5.41) is 9.51. The average Bonchev–Trinajstić information content (AvgIpc) is 2.47. The van der Waals surface area contributed by atoms with Gasteiger partial charge in [-0.1, -0.05) is 0 Å². The SMILES string of the molecule is CCOC(=O)N1C2CCCC1(CO)CC2. The van der Waals surface area contributed by atoms with E-state index in [4.69, 9.17) is 4.74 Å². The van der Waals surface area contributed by atoms with Crippen LogP contribution in [0.4, 0.5) is 4.79 Å². The average molecular weight is 213 g/mol. The molecule has 2 bridgehead atoms. The van der Waals surface area contributed by atoms with Gasteiger partial charge in [0.1, 0.15) is 0 Å². The summed E-state index contributed by atoms with van der Waals surface area (Å²) < 4.78 is 5.06. The molecule has 0 aromatic rings. The minimum Gasteiger partial charge on any atom is -0.450 e. The Labute approximate surface area is 90.2 Å². The zero-order chi connectivity index (χ0) is 10.9. The first kappa shape index (κ1) is 10.7. The van der Waals surface area contributed by atoms with E-state index in [0.717, 1.165) is 32.1 Å². The van der Waals surface area contributed by atoms with E-state index in [-0.39, 0.29) is 18.2 Å². The highest BCUT2D eigenvalue weighted by Crippen LogP contribution is 2.44. The quantitative estimate of drug-likeness (QED) is 0.756. The monoisotopic (exact) mass is 213 g/mol. The lowest BCUT2D eigenvalue weighted by Gasteiger charge is -2.42. The molecular weight excluding hydrogens is 194 g/mol. The Morgan fingerprint density at radius 3 is 3.00 bits per heavy atom. The van der Waals surface area contributed by atoms with Gasteiger partial charge in [-0.3, -0.25) is 4.90 Å². The second kappa shape index (κ2) is 4.00. The molecule has 0 radical (unpaired) electrons. The van der Waals surface area contributed by atoms with Gasteiger partial charge in [0.2, 0.25) is 0 Å². The molecule has 4 heteroatoms. The molecule has 0 saturated carbocycles. The molecule has 2 saturated heterocycles. The van der Waals surface area contributed by atoms with Crippen LogP contribution in [0.5, 0.6) is 0 Å². The molecule has 4 nitrogen and oxygen atoms in total. The maximum atomic E-state index is 11.8. The first-order chi connectivity index (χ1) is 7.23. The molecule has 2 fully saturated rings. The first-order valence-electron chi connectivity index (χ1n) is 5.80. The van der Waals surface area contributed by atoms with E-state index in [1.807, 2.05) is 6.92 Å². The van der Waals surface area contributed by atoms with E-state index >= 15 is 0 Å². The second-order valence-corrected chi connectivity index (χ2v) is 4.54. The number of piperidine rings is 1. The van der Waals surface area contributed by atoms with Gasteiger partial charge in [-0.05, 0) is 39.0 Å². The minimum atomic E-state index is -0.310. The Kier molecular flexibility index (Phi) is 2.87. The molecule has 2 aliphatic heterocycles. The normalized spacial score (nSPS) is 34.3. The van der Waals surface area contributed by atoms with E-state index in [1.165, 1.54) is 0 Å². The van der Waals surface area contributed by atoms with Gasteiger partial charge in [-0.2, -0.15) is 0 Å². The Morgan fingerprint density at radius 1 is 1.53 bits per heavy atom. The molecule has 1 amide bonds. The molecular formula is C11H19NO3. The molecule has 86 valence electrons. The topological polar surface area (TPSA) is 49.8 Å². The van der Waals surface area contributed by atoms with Gasteiger partial charge in [-0.25, -0.2) is 4.79 Å². The van der Waals surface area contributed by atoms with Crippen molar-refractivity contribution in [1.29, 1.82) is 0 Å². The molecule has 0 spiro atoms. The van der Waals surface area contributed by atoms with Crippen molar-refractivity contribution in [1.82, 2.24) is 4.90 Å². The molecule has 0 aromatic carbocycles. The molecule has 2 aliphatic rings. The summed E-state index contributed by atoms with van der Waals surface area (Å²) in [4.78, 5) is 13.6. The van der Waals surface area contributed by atoms with E-state index < -0.39 is 0 Å². The van der Waals surface area contributed by atoms with Gasteiger partial charge >= 0.3 is 6.09 Å². The molecule has 2 heterocycles. The van der Waals surface area contributed by atoms with Crippen molar-refractivity contribution in [3.63, 3.8) is 0 Å². The Bertz CT molecular complexity index is 252. The van der Waals surface area contributed by atoms with Crippen molar-refractivity contribution < 1.29 is 14.6 Å². The number of ether oxygens (including phenoxy) is 1. The molecule has 2 unspecified atom stereocenters. The standard InChI is InChI=1S/C11H19NO3/c1-2-15-10(14)12-9-4-3-6-11(12,8-13)7-5-9/h9,13H,2-8H2,1H3. The van der Waals surface area contributed by atoms with E-state index in [1.54, 1.807) is 4.90 Å². The van der Waals surface area contributed by atoms with Gasteiger partial charge < -0.3 is 9.84 Å². The predicted octanol–water partition coefficient (Wildman–Crippen LogP) is 1.52. The van der Waals surface area contributed by atoms with Gasteiger partial charge in [0.15, 0.2) is 0 Å². The summed E-state index contributed by atoms with van der Waals surface area (Å²) in [7, 11) is 0. The third-order valence-corrected chi connectivity index (χ3v) is 3.76. The van der Waals surface area contributed by atoms with Crippen molar-refractivity contribution in [2.24, 2.45) is 0 Å². The van der Waals surface area contributed by atoms with E-state index in [9.17, 15) is 9.90 Å². The highest BCUT2D eigenvalue weighted by atomic mass is 16.6. The van der Waals surface area contributed by atoms with Crippen LogP contribution in [0, 0.1) is 0 Å². The van der Waals surface area contributed by atoms with Crippen molar-refractivity contribution in [3.8, 4) is 0 Å². The van der Waals surface area contributed by atoms with Crippen LogP contribution in [0.1, 0.15) is 39.0 Å². The lowest BCUT2D eigenvalue weighted by Crippen LogP contribution is -2.55. The largest absolute Gasteiger partial charge is 0.450 e. The van der Waals surface area contributed by atoms with Gasteiger partial charge in [0, 0.05) is 6.04 Å². The maximum absolute atomic E-state index is 11.8. The smallest absolute Gasteiger partial charge is 0.410 e. The van der Waals surface area contributed by atoms with Crippen LogP contribution < -0.4 is 0 Å². The van der Waals surface area contributed by atoms with Gasteiger partial charge in [-0.15, -0.1) is 0 Å². The van der Waals surface area contributed by atoms with Crippen LogP contribution in [-0.4, -0.2) is 40.9 Å². The molecule has 2 rings (SSSR count). The molecule has 1 N–H and O–H groups in total. The van der Waals surface area contributed by atoms with Crippen molar-refractivity contribution >= 4 is 6.09 Å². The van der Waals surface area contributed by atoms with Crippen LogP contribution in [0.2, 0.25) is 0 Å². The number of amides is 1. The van der Waals surface area contributed by atoms with Crippen LogP contribution in [0.3, 0.4) is 0 Å². The summed E-state index contributed by atoms with van der Waals surface area (Å²) in [5.41, 5.74) is -0.310. The molecule has 2 atom stereocenters. The number of carbonyl (C=O) groups excluding carboxylic acids is 1. The number of fused-ring (bicyclic) bond motifs is 2. The number of hydrogen-bond acceptors (Lipinski definition) is 3. The lowest BCUT2D eigenvalue weighted by molar-refractivity contribution is 0.00369. The van der Waals surface area contributed by atoms with Crippen LogP contribution in [0.15, 0.2) is 0 Å². The van der Waals surface area contributed by atoms with Crippen molar-refractivity contribution in [2.45, 2.75) is 50.6 Å². The van der Waals surface area contributed by atoms with Crippen LogP contribution in [0.25, 0.3) is 0 Å². The molecule has 0 aliphatic carbocycles. The lowest BCUT2D eigenvalue weighted by atomic mass is 9.89. The van der Waals surface area contributed by atoms with E-state index in [0.29, 0.717) is 12.6 Å². The zero-order valence-electron chi connectivity index (χ0n) is 9.24. The highest BCUT2D eigenvalue weighted by molar-refractivity contribution is 5.70. The van der Waals surface area contributed by atoms with Crippen molar-refractivity contribution in [2.75, 3.05) is 13.2 Å². The third-order valence-electron chi connectivity index (χ3n) is 3.76. The zero-order valence-corrected chi connectivity index (χ0v) is 9.24. The Morgan fingerprint density at radius 2 is 2.33 bits per heavy atom. The minimum absolute atomic E-state index is 0.0717. The maximum Gasteiger partial charge on any atom is 0.410 e. The highest BCUT2D eigenvalue weighted by Gasteiger charge is 2.51. The molecule has 15 heavy (non-hydrogen) atoms. The summed E-state index contributed by atoms with van der Waals surface area (Å²) in [6.07, 6.45) is 4.78. The fourth-order valence-corrected chi connectivity index (χ4v) is 3.03. The van der Waals surface area contributed by atoms with Crippen molar-refractivity contribution in [3.05, 3.63) is 0 Å². The van der Waals surface area contributed by atoms with E-state index in [2.05, 4.69) is 0 Å². The summed E-state index contributed by atoms with van der Waals surface area (Å²) >= 11 is 0. The summed E-state index contributed by atoms with van der Waals surface area (Å²) in [6.45, 7) is 2.29. The number of hydrogen-bond donors (Lipinski definition) is 1. The number of aliphatic hydroxyl groups is 1.